The van der Waals surface area contributed by atoms with Crippen LogP contribution in [0.3, 0.4) is 0 Å². The molecule has 0 fully saturated rings. The van der Waals surface area contributed by atoms with E-state index in [0.29, 0.717) is 17.8 Å². The van der Waals surface area contributed by atoms with Crippen LogP contribution < -0.4 is 4.90 Å². The smallest absolute Gasteiger partial charge is 0.336 e. The predicted molar refractivity (Wildman–Crippen MR) is 76.6 cm³/mol. The number of anilines is 1. The Morgan fingerprint density at radius 3 is 2.35 bits per heavy atom. The number of benzene rings is 1. The van der Waals surface area contributed by atoms with Gasteiger partial charge in [0, 0.05) is 31.9 Å². The zero-order valence-corrected chi connectivity index (χ0v) is 12.1. The molecule has 0 saturated heterocycles. The summed E-state index contributed by atoms with van der Waals surface area (Å²) in [5, 5.41) is 20.1. The average molecular weight is 281 g/mol. The Bertz CT molecular complexity index is 529. The Morgan fingerprint density at radius 1 is 1.30 bits per heavy atom. The molecule has 7 heteroatoms. The van der Waals surface area contributed by atoms with Crippen LogP contribution in [0.15, 0.2) is 12.1 Å². The summed E-state index contributed by atoms with van der Waals surface area (Å²) in [6.45, 7) is 3.04. The fraction of sp³-hybridized carbons (Fsp3) is 0.462. The SMILES string of the molecule is Cc1c(N(C)CCN(C)C)cc(C(=O)O)cc1[N+](=O)[O-]. The number of carboxylic acid groups (broad SMARTS) is 1. The number of hydrogen-bond acceptors (Lipinski definition) is 5. The average Bonchev–Trinajstić information content (AvgIpc) is 2.35. The van der Waals surface area contributed by atoms with Gasteiger partial charge in [-0.25, -0.2) is 4.79 Å². The van der Waals surface area contributed by atoms with Crippen LogP contribution in [0.4, 0.5) is 11.4 Å². The number of carbonyl (C=O) groups is 1. The Hall–Kier alpha value is -2.15. The summed E-state index contributed by atoms with van der Waals surface area (Å²) in [5.74, 6) is -1.17. The summed E-state index contributed by atoms with van der Waals surface area (Å²) in [6.07, 6.45) is 0. The molecule has 20 heavy (non-hydrogen) atoms. The van der Waals surface area contributed by atoms with E-state index >= 15 is 0 Å². The molecule has 0 atom stereocenters. The van der Waals surface area contributed by atoms with E-state index in [1.54, 1.807) is 14.0 Å². The monoisotopic (exact) mass is 281 g/mol. The maximum atomic E-state index is 11.1. The highest BCUT2D eigenvalue weighted by Gasteiger charge is 2.20. The van der Waals surface area contributed by atoms with Gasteiger partial charge in [0.15, 0.2) is 0 Å². The molecule has 0 spiro atoms. The minimum absolute atomic E-state index is 0.0750. The molecule has 0 aliphatic carbocycles. The van der Waals surface area contributed by atoms with Crippen molar-refractivity contribution in [1.82, 2.24) is 4.90 Å². The summed E-state index contributed by atoms with van der Waals surface area (Å²) in [6, 6.07) is 2.57. The Balaban J connectivity index is 3.23. The fourth-order valence-electron chi connectivity index (χ4n) is 1.86. The van der Waals surface area contributed by atoms with Crippen molar-refractivity contribution in [2.24, 2.45) is 0 Å². The second kappa shape index (κ2) is 6.33. The van der Waals surface area contributed by atoms with Gasteiger partial charge >= 0.3 is 5.97 Å². The largest absolute Gasteiger partial charge is 0.478 e. The van der Waals surface area contributed by atoms with E-state index in [1.165, 1.54) is 6.07 Å². The molecule has 0 heterocycles. The molecule has 0 unspecified atom stereocenters. The lowest BCUT2D eigenvalue weighted by molar-refractivity contribution is -0.385. The van der Waals surface area contributed by atoms with Crippen LogP contribution in [0, 0.1) is 17.0 Å². The van der Waals surface area contributed by atoms with Crippen LogP contribution in [0.2, 0.25) is 0 Å². The van der Waals surface area contributed by atoms with Crippen LogP contribution in [0.1, 0.15) is 15.9 Å². The zero-order chi connectivity index (χ0) is 15.4. The predicted octanol–water partition coefficient (Wildman–Crippen LogP) is 1.60. The minimum Gasteiger partial charge on any atom is -0.478 e. The summed E-state index contributed by atoms with van der Waals surface area (Å²) >= 11 is 0. The third-order valence-electron chi connectivity index (χ3n) is 3.09. The molecule has 1 rings (SSSR count). The van der Waals surface area contributed by atoms with E-state index in [9.17, 15) is 14.9 Å². The van der Waals surface area contributed by atoms with Crippen LogP contribution in [-0.4, -0.2) is 55.1 Å². The van der Waals surface area contributed by atoms with Crippen LogP contribution in [-0.2, 0) is 0 Å². The van der Waals surface area contributed by atoms with Gasteiger partial charge in [-0.2, -0.15) is 0 Å². The van der Waals surface area contributed by atoms with Crippen molar-refractivity contribution < 1.29 is 14.8 Å². The molecule has 7 nitrogen and oxygen atoms in total. The van der Waals surface area contributed by atoms with Gasteiger partial charge in [0.1, 0.15) is 0 Å². The van der Waals surface area contributed by atoms with Crippen molar-refractivity contribution in [3.05, 3.63) is 33.4 Å². The molecule has 1 aromatic carbocycles. The second-order valence-corrected chi connectivity index (χ2v) is 4.93. The first kappa shape index (κ1) is 15.9. The highest BCUT2D eigenvalue weighted by Crippen LogP contribution is 2.30. The lowest BCUT2D eigenvalue weighted by Gasteiger charge is -2.23. The van der Waals surface area contributed by atoms with Gasteiger partial charge < -0.3 is 14.9 Å². The van der Waals surface area contributed by atoms with Gasteiger partial charge in [-0.05, 0) is 27.1 Å². The van der Waals surface area contributed by atoms with Gasteiger partial charge in [-0.1, -0.05) is 0 Å². The Morgan fingerprint density at radius 2 is 1.90 bits per heavy atom. The maximum absolute atomic E-state index is 11.1. The molecule has 0 saturated carbocycles. The first-order valence-corrected chi connectivity index (χ1v) is 6.12. The highest BCUT2D eigenvalue weighted by molar-refractivity contribution is 5.90. The molecule has 0 aromatic heterocycles. The molecular weight excluding hydrogens is 262 g/mol. The summed E-state index contributed by atoms with van der Waals surface area (Å²) < 4.78 is 0. The molecule has 0 radical (unpaired) electrons. The number of aromatic carboxylic acids is 1. The second-order valence-electron chi connectivity index (χ2n) is 4.93. The first-order valence-electron chi connectivity index (χ1n) is 6.12. The fourth-order valence-corrected chi connectivity index (χ4v) is 1.86. The number of hydrogen-bond donors (Lipinski definition) is 1. The van der Waals surface area contributed by atoms with Gasteiger partial charge in [0.2, 0.25) is 0 Å². The van der Waals surface area contributed by atoms with E-state index in [2.05, 4.69) is 0 Å². The van der Waals surface area contributed by atoms with Gasteiger partial charge in [0.25, 0.3) is 5.69 Å². The number of nitro groups is 1. The molecular formula is C13H19N3O4. The standard InChI is InChI=1S/C13H19N3O4/c1-9-11(15(4)6-5-14(2)3)7-10(13(17)18)8-12(9)16(19)20/h7-8H,5-6H2,1-4H3,(H,17,18). The van der Waals surface area contributed by atoms with Crippen molar-refractivity contribution in [2.45, 2.75) is 6.92 Å². The number of nitrogens with zero attached hydrogens (tertiary/aromatic N) is 3. The van der Waals surface area contributed by atoms with E-state index in [-0.39, 0.29) is 11.3 Å². The van der Waals surface area contributed by atoms with Crippen molar-refractivity contribution in [2.75, 3.05) is 39.1 Å². The van der Waals surface area contributed by atoms with E-state index in [4.69, 9.17) is 5.11 Å². The van der Waals surface area contributed by atoms with Crippen molar-refractivity contribution in [3.63, 3.8) is 0 Å². The van der Waals surface area contributed by atoms with Crippen LogP contribution in [0.5, 0.6) is 0 Å². The quantitative estimate of drug-likeness (QED) is 0.629. The molecule has 110 valence electrons. The first-order chi connectivity index (χ1) is 9.23. The van der Waals surface area contributed by atoms with Crippen LogP contribution >= 0.6 is 0 Å². The summed E-state index contributed by atoms with van der Waals surface area (Å²) in [5.41, 5.74) is 0.797. The van der Waals surface area contributed by atoms with Crippen LogP contribution in [0.25, 0.3) is 0 Å². The Kier molecular flexibility index (Phi) is 5.04. The molecule has 1 N–H and O–H groups in total. The van der Waals surface area contributed by atoms with Crippen molar-refractivity contribution in [1.29, 1.82) is 0 Å². The number of likely N-dealkylation sites (N-methyl/N-ethyl adjacent to an activating group) is 2. The normalized spacial score (nSPS) is 10.7. The summed E-state index contributed by atoms with van der Waals surface area (Å²) in [7, 11) is 5.65. The van der Waals surface area contributed by atoms with Gasteiger partial charge in [0.05, 0.1) is 16.1 Å². The molecule has 0 amide bonds. The van der Waals surface area contributed by atoms with Gasteiger partial charge in [-0.15, -0.1) is 0 Å². The number of rotatable bonds is 6. The summed E-state index contributed by atoms with van der Waals surface area (Å²) in [4.78, 5) is 25.4. The van der Waals surface area contributed by atoms with E-state index < -0.39 is 10.9 Å². The van der Waals surface area contributed by atoms with Crippen molar-refractivity contribution in [3.8, 4) is 0 Å². The van der Waals surface area contributed by atoms with E-state index in [0.717, 1.165) is 12.6 Å². The minimum atomic E-state index is -1.17. The molecule has 0 bridgehead atoms. The lowest BCUT2D eigenvalue weighted by atomic mass is 10.1. The third-order valence-corrected chi connectivity index (χ3v) is 3.09. The Labute approximate surface area is 117 Å². The molecule has 0 aliphatic rings. The zero-order valence-electron chi connectivity index (χ0n) is 12.1. The van der Waals surface area contributed by atoms with Crippen molar-refractivity contribution >= 4 is 17.3 Å². The van der Waals surface area contributed by atoms with E-state index in [1.807, 2.05) is 23.9 Å². The number of carboxylic acids is 1. The lowest BCUT2D eigenvalue weighted by Crippen LogP contribution is -2.29. The number of nitro benzene ring substituents is 1. The van der Waals surface area contributed by atoms with Gasteiger partial charge in [-0.3, -0.25) is 10.1 Å². The topological polar surface area (TPSA) is 86.9 Å². The maximum Gasteiger partial charge on any atom is 0.336 e. The molecule has 1 aromatic rings. The highest BCUT2D eigenvalue weighted by atomic mass is 16.6. The molecule has 0 aliphatic heterocycles. The third kappa shape index (κ3) is 3.67.